The molecule has 10 nitrogen and oxygen atoms in total. The average Bonchev–Trinajstić information content (AvgIpc) is 3.67. The van der Waals surface area contributed by atoms with Gasteiger partial charge in [0.2, 0.25) is 5.82 Å². The number of amides is 2. The topological polar surface area (TPSA) is 119 Å². The van der Waals surface area contributed by atoms with Gasteiger partial charge in [-0.05, 0) is 80.3 Å². The molecule has 3 aromatic heterocycles. The molecule has 2 amide bonds. The Kier molecular flexibility index (Phi) is 6.89. The van der Waals surface area contributed by atoms with Crippen molar-refractivity contribution >= 4 is 17.5 Å². The second-order valence-electron chi connectivity index (χ2n) is 9.52. The van der Waals surface area contributed by atoms with Gasteiger partial charge in [-0.2, -0.15) is 4.80 Å². The zero-order valence-corrected chi connectivity index (χ0v) is 21.2. The van der Waals surface area contributed by atoms with Crippen LogP contribution in [0, 0.1) is 20.8 Å². The second-order valence-corrected chi connectivity index (χ2v) is 9.52. The molecule has 37 heavy (non-hydrogen) atoms. The highest BCUT2D eigenvalue weighted by Crippen LogP contribution is 2.32. The van der Waals surface area contributed by atoms with E-state index in [0.29, 0.717) is 17.2 Å². The zero-order valence-electron chi connectivity index (χ0n) is 21.2. The number of furan rings is 2. The van der Waals surface area contributed by atoms with Crippen molar-refractivity contribution in [2.45, 2.75) is 65.1 Å². The molecule has 1 aliphatic carbocycles. The minimum absolute atomic E-state index is 0.0804. The summed E-state index contributed by atoms with van der Waals surface area (Å²) in [4.78, 5) is 30.4. The molecule has 0 spiro atoms. The van der Waals surface area contributed by atoms with E-state index >= 15 is 0 Å². The third-order valence-corrected chi connectivity index (χ3v) is 6.60. The molecule has 3 heterocycles. The molecule has 0 unspecified atom stereocenters. The molecule has 5 rings (SSSR count). The summed E-state index contributed by atoms with van der Waals surface area (Å²) in [5.74, 6) is 1.18. The van der Waals surface area contributed by atoms with Crippen LogP contribution in [-0.2, 0) is 16.1 Å². The summed E-state index contributed by atoms with van der Waals surface area (Å²) in [7, 11) is 0. The first-order valence-corrected chi connectivity index (χ1v) is 12.5. The molecule has 1 N–H and O–H groups in total. The van der Waals surface area contributed by atoms with Gasteiger partial charge in [0.05, 0.1) is 6.26 Å². The molecule has 1 atom stereocenters. The fourth-order valence-corrected chi connectivity index (χ4v) is 4.73. The van der Waals surface area contributed by atoms with Crippen LogP contribution in [0.25, 0.3) is 11.6 Å². The molecular weight excluding hydrogens is 472 g/mol. The number of anilines is 1. The molecule has 0 radical (unpaired) electrons. The van der Waals surface area contributed by atoms with Crippen LogP contribution in [-0.4, -0.2) is 38.1 Å². The van der Waals surface area contributed by atoms with Crippen LogP contribution in [0.1, 0.15) is 54.4 Å². The second kappa shape index (κ2) is 10.4. The molecule has 1 aromatic carbocycles. The number of tetrazole rings is 1. The van der Waals surface area contributed by atoms with Gasteiger partial charge in [0.1, 0.15) is 18.1 Å². The van der Waals surface area contributed by atoms with Crippen molar-refractivity contribution in [2.24, 2.45) is 0 Å². The minimum Gasteiger partial charge on any atom is -0.467 e. The number of carbonyl (C=O) groups is 2. The van der Waals surface area contributed by atoms with Crippen LogP contribution < -0.4 is 10.2 Å². The van der Waals surface area contributed by atoms with E-state index in [1.165, 1.54) is 16.0 Å². The van der Waals surface area contributed by atoms with Crippen molar-refractivity contribution in [3.8, 4) is 11.6 Å². The number of nitrogens with zero attached hydrogens (tertiary/aromatic N) is 5. The van der Waals surface area contributed by atoms with Crippen LogP contribution in [0.5, 0.6) is 0 Å². The Morgan fingerprint density at radius 3 is 2.65 bits per heavy atom. The van der Waals surface area contributed by atoms with Gasteiger partial charge in [0, 0.05) is 11.7 Å². The molecule has 1 saturated carbocycles. The quantitative estimate of drug-likeness (QED) is 0.382. The molecular formula is C27H30N6O4. The Hall–Kier alpha value is -4.21. The molecule has 0 aliphatic heterocycles. The lowest BCUT2D eigenvalue weighted by Gasteiger charge is -2.32. The van der Waals surface area contributed by atoms with Gasteiger partial charge < -0.3 is 14.2 Å². The molecule has 0 bridgehead atoms. The van der Waals surface area contributed by atoms with Crippen molar-refractivity contribution in [3.05, 3.63) is 71.4 Å². The summed E-state index contributed by atoms with van der Waals surface area (Å²) in [6.45, 7) is 5.45. The normalized spacial score (nSPS) is 14.6. The molecule has 1 fully saturated rings. The summed E-state index contributed by atoms with van der Waals surface area (Å²) in [5.41, 5.74) is 2.43. The molecule has 192 valence electrons. The first-order valence-electron chi connectivity index (χ1n) is 12.5. The maximum absolute atomic E-state index is 14.0. The lowest BCUT2D eigenvalue weighted by atomic mass is 10.0. The summed E-state index contributed by atoms with van der Waals surface area (Å²) < 4.78 is 11.3. The Morgan fingerprint density at radius 2 is 1.95 bits per heavy atom. The largest absolute Gasteiger partial charge is 0.467 e. The Labute approximate surface area is 214 Å². The maximum atomic E-state index is 14.0. The van der Waals surface area contributed by atoms with Gasteiger partial charge >= 0.3 is 0 Å². The van der Waals surface area contributed by atoms with Gasteiger partial charge in [0.25, 0.3) is 11.8 Å². The standard InChI is InChI=1S/C27H30N6O4/c1-17-10-11-18(2)21(15-17)33(24(34)16-32-30-26(29-31-32)23-13-12-19(3)37-23)25(22-9-6-14-36-22)27(35)28-20-7-4-5-8-20/h6,9-15,20,25H,4-5,7-8,16H2,1-3H3,(H,28,35)/t25-/m1/s1. The Balaban J connectivity index is 1.51. The molecule has 4 aromatic rings. The van der Waals surface area contributed by atoms with E-state index < -0.39 is 6.04 Å². The SMILES string of the molecule is Cc1ccc(C)c(N(C(=O)Cn2nnc(-c3ccc(C)o3)n2)[C@@H](C(=O)NC2CCCC2)c2ccco2)c1. The summed E-state index contributed by atoms with van der Waals surface area (Å²) in [6.07, 6.45) is 5.50. The average molecular weight is 503 g/mol. The van der Waals surface area contributed by atoms with Crippen molar-refractivity contribution < 1.29 is 18.4 Å². The van der Waals surface area contributed by atoms with E-state index in [0.717, 1.165) is 42.6 Å². The molecule has 1 aliphatic rings. The van der Waals surface area contributed by atoms with E-state index in [2.05, 4.69) is 20.7 Å². The number of nitrogens with one attached hydrogen (secondary N) is 1. The van der Waals surface area contributed by atoms with E-state index in [1.54, 1.807) is 24.3 Å². The first-order chi connectivity index (χ1) is 17.9. The number of hydrogen-bond acceptors (Lipinski definition) is 7. The number of carbonyl (C=O) groups excluding carboxylic acids is 2. The predicted octanol–water partition coefficient (Wildman–Crippen LogP) is 4.28. The number of benzene rings is 1. The van der Waals surface area contributed by atoms with Crippen LogP contribution >= 0.6 is 0 Å². The van der Waals surface area contributed by atoms with E-state index in [1.807, 2.05) is 39.0 Å². The van der Waals surface area contributed by atoms with Crippen LogP contribution in [0.2, 0.25) is 0 Å². The highest BCUT2D eigenvalue weighted by molar-refractivity contribution is 6.01. The lowest BCUT2D eigenvalue weighted by molar-refractivity contribution is -0.128. The monoisotopic (exact) mass is 502 g/mol. The first kappa shape index (κ1) is 24.5. The van der Waals surface area contributed by atoms with Gasteiger partial charge in [-0.1, -0.05) is 25.0 Å². The van der Waals surface area contributed by atoms with Crippen molar-refractivity contribution in [1.29, 1.82) is 0 Å². The van der Waals surface area contributed by atoms with Crippen LogP contribution in [0.3, 0.4) is 0 Å². The summed E-state index contributed by atoms with van der Waals surface area (Å²) in [6, 6.07) is 11.9. The summed E-state index contributed by atoms with van der Waals surface area (Å²) in [5, 5.41) is 15.6. The van der Waals surface area contributed by atoms with Crippen LogP contribution in [0.4, 0.5) is 5.69 Å². The van der Waals surface area contributed by atoms with Crippen molar-refractivity contribution in [3.63, 3.8) is 0 Å². The number of rotatable bonds is 8. The van der Waals surface area contributed by atoms with E-state index in [9.17, 15) is 9.59 Å². The zero-order chi connectivity index (χ0) is 25.9. The highest BCUT2D eigenvalue weighted by Gasteiger charge is 2.37. The van der Waals surface area contributed by atoms with E-state index in [4.69, 9.17) is 8.83 Å². The van der Waals surface area contributed by atoms with Crippen molar-refractivity contribution in [1.82, 2.24) is 25.5 Å². The minimum atomic E-state index is -1.00. The van der Waals surface area contributed by atoms with Gasteiger partial charge in [-0.3, -0.25) is 14.5 Å². The molecule has 10 heteroatoms. The third-order valence-electron chi connectivity index (χ3n) is 6.60. The number of aryl methyl sites for hydroxylation is 3. The fraction of sp³-hybridized carbons (Fsp3) is 0.370. The van der Waals surface area contributed by atoms with Gasteiger partial charge in [-0.25, -0.2) is 0 Å². The highest BCUT2D eigenvalue weighted by atomic mass is 16.3. The van der Waals surface area contributed by atoms with Crippen molar-refractivity contribution in [2.75, 3.05) is 4.90 Å². The lowest BCUT2D eigenvalue weighted by Crippen LogP contribution is -2.47. The van der Waals surface area contributed by atoms with Gasteiger partial charge in [-0.15, -0.1) is 10.2 Å². The maximum Gasteiger partial charge on any atom is 0.251 e. The Bertz CT molecular complexity index is 1380. The predicted molar refractivity (Wildman–Crippen MR) is 136 cm³/mol. The number of hydrogen-bond donors (Lipinski definition) is 1. The third kappa shape index (κ3) is 5.32. The van der Waals surface area contributed by atoms with Crippen LogP contribution in [0.15, 0.2) is 57.6 Å². The molecule has 0 saturated heterocycles. The van der Waals surface area contributed by atoms with E-state index in [-0.39, 0.29) is 30.2 Å². The summed E-state index contributed by atoms with van der Waals surface area (Å²) >= 11 is 0. The fourth-order valence-electron chi connectivity index (χ4n) is 4.73. The number of aromatic nitrogens is 4. The smallest absolute Gasteiger partial charge is 0.251 e. The van der Waals surface area contributed by atoms with Gasteiger partial charge in [0.15, 0.2) is 11.8 Å². The Morgan fingerprint density at radius 1 is 1.14 bits per heavy atom.